The van der Waals surface area contributed by atoms with Crippen molar-refractivity contribution in [1.29, 1.82) is 0 Å². The molecule has 0 aromatic carbocycles. The molecule has 0 bridgehead atoms. The van der Waals surface area contributed by atoms with E-state index in [4.69, 9.17) is 10.5 Å². The van der Waals surface area contributed by atoms with Gasteiger partial charge in [0.1, 0.15) is 0 Å². The third-order valence-electron chi connectivity index (χ3n) is 3.38. The topological polar surface area (TPSA) is 51.4 Å². The quantitative estimate of drug-likeness (QED) is 0.866. The summed E-state index contributed by atoms with van der Waals surface area (Å²) in [6.45, 7) is 4.03. The van der Waals surface area contributed by atoms with Crippen molar-refractivity contribution in [3.63, 3.8) is 0 Å². The summed E-state index contributed by atoms with van der Waals surface area (Å²) in [5.74, 6) is 0. The minimum absolute atomic E-state index is 0.00303. The third kappa shape index (κ3) is 2.96. The highest BCUT2D eigenvalue weighted by atomic mass is 16.5. The van der Waals surface area contributed by atoms with E-state index in [1.54, 1.807) is 7.11 Å². The highest BCUT2D eigenvalue weighted by molar-refractivity contribution is 5.45. The molecule has 2 rings (SSSR count). The first-order valence-electron chi connectivity index (χ1n) is 6.20. The summed E-state index contributed by atoms with van der Waals surface area (Å²) in [6.07, 6.45) is 4.52. The monoisotopic (exact) mass is 235 g/mol. The zero-order chi connectivity index (χ0) is 12.3. The number of ether oxygens (including phenoxy) is 1. The molecule has 2 heterocycles. The number of methoxy groups -OCH3 is 1. The van der Waals surface area contributed by atoms with Crippen LogP contribution in [-0.2, 0) is 4.74 Å². The van der Waals surface area contributed by atoms with Gasteiger partial charge in [-0.25, -0.2) is 0 Å². The molecule has 0 spiro atoms. The molecule has 1 fully saturated rings. The number of aromatic nitrogens is 1. The Kier molecular flexibility index (Phi) is 3.97. The molecule has 0 amide bonds. The van der Waals surface area contributed by atoms with Gasteiger partial charge in [0.25, 0.3) is 0 Å². The first-order valence-corrected chi connectivity index (χ1v) is 6.20. The number of hydrogen-bond acceptors (Lipinski definition) is 4. The van der Waals surface area contributed by atoms with Crippen LogP contribution in [0.3, 0.4) is 0 Å². The molecule has 94 valence electrons. The molecule has 1 atom stereocenters. The van der Waals surface area contributed by atoms with Crippen molar-refractivity contribution < 1.29 is 4.74 Å². The van der Waals surface area contributed by atoms with Crippen molar-refractivity contribution in [2.45, 2.75) is 31.9 Å². The molecule has 1 aliphatic heterocycles. The Morgan fingerprint density at radius 2 is 2.12 bits per heavy atom. The second-order valence-corrected chi connectivity index (χ2v) is 4.65. The largest absolute Gasteiger partial charge is 0.381 e. The van der Waals surface area contributed by atoms with Gasteiger partial charge in [0.05, 0.1) is 23.7 Å². The van der Waals surface area contributed by atoms with Crippen molar-refractivity contribution in [3.8, 4) is 0 Å². The fourth-order valence-electron chi connectivity index (χ4n) is 2.20. The van der Waals surface area contributed by atoms with Crippen LogP contribution in [-0.4, -0.2) is 31.3 Å². The van der Waals surface area contributed by atoms with Gasteiger partial charge < -0.3 is 15.4 Å². The van der Waals surface area contributed by atoms with Crippen LogP contribution in [0.15, 0.2) is 18.3 Å². The Bertz CT molecular complexity index is 342. The Morgan fingerprint density at radius 1 is 1.41 bits per heavy atom. The summed E-state index contributed by atoms with van der Waals surface area (Å²) in [7, 11) is 1.79. The van der Waals surface area contributed by atoms with E-state index in [9.17, 15) is 0 Å². The Balaban J connectivity index is 1.99. The van der Waals surface area contributed by atoms with Gasteiger partial charge in [-0.3, -0.25) is 4.98 Å². The average molecular weight is 235 g/mol. The molecule has 1 unspecified atom stereocenters. The second kappa shape index (κ2) is 5.47. The van der Waals surface area contributed by atoms with E-state index in [0.29, 0.717) is 6.10 Å². The van der Waals surface area contributed by atoms with Crippen LogP contribution in [0.2, 0.25) is 0 Å². The van der Waals surface area contributed by atoms with Gasteiger partial charge in [-0.1, -0.05) is 0 Å². The van der Waals surface area contributed by atoms with E-state index in [0.717, 1.165) is 31.6 Å². The zero-order valence-electron chi connectivity index (χ0n) is 10.6. The molecule has 17 heavy (non-hydrogen) atoms. The standard InChI is InChI=1S/C13H21N3O/c1-10(14)13-4-3-11(9-15-13)16-7-5-12(17-2)6-8-16/h3-4,9-10,12H,5-8,14H2,1-2H3. The fourth-order valence-corrected chi connectivity index (χ4v) is 2.20. The van der Waals surface area contributed by atoms with Gasteiger partial charge in [-0.2, -0.15) is 0 Å². The lowest BCUT2D eigenvalue weighted by molar-refractivity contribution is 0.0819. The van der Waals surface area contributed by atoms with E-state index in [1.165, 1.54) is 5.69 Å². The Morgan fingerprint density at radius 3 is 2.59 bits per heavy atom. The number of rotatable bonds is 3. The molecular formula is C13H21N3O. The lowest BCUT2D eigenvalue weighted by Crippen LogP contribution is -2.36. The van der Waals surface area contributed by atoms with Gasteiger partial charge in [0.15, 0.2) is 0 Å². The van der Waals surface area contributed by atoms with Gasteiger partial charge in [-0.05, 0) is 31.9 Å². The molecule has 0 saturated carbocycles. The fraction of sp³-hybridized carbons (Fsp3) is 0.615. The molecule has 0 aliphatic carbocycles. The SMILES string of the molecule is COC1CCN(c2ccc(C(C)N)nc2)CC1. The Labute approximate surface area is 103 Å². The van der Waals surface area contributed by atoms with Crippen LogP contribution >= 0.6 is 0 Å². The molecular weight excluding hydrogens is 214 g/mol. The Hall–Kier alpha value is -1.13. The first-order chi connectivity index (χ1) is 8.20. The van der Waals surface area contributed by atoms with Gasteiger partial charge in [0.2, 0.25) is 0 Å². The maximum Gasteiger partial charge on any atom is 0.0605 e. The molecule has 1 saturated heterocycles. The predicted octanol–water partition coefficient (Wildman–Crippen LogP) is 1.72. The van der Waals surface area contributed by atoms with E-state index in [2.05, 4.69) is 16.0 Å². The summed E-state index contributed by atoms with van der Waals surface area (Å²) in [6, 6.07) is 4.13. The summed E-state index contributed by atoms with van der Waals surface area (Å²) in [4.78, 5) is 6.75. The first kappa shape index (κ1) is 12.3. The van der Waals surface area contributed by atoms with Crippen molar-refractivity contribution in [2.75, 3.05) is 25.1 Å². The molecule has 1 aromatic rings. The van der Waals surface area contributed by atoms with Crippen LogP contribution in [0.5, 0.6) is 0 Å². The number of hydrogen-bond donors (Lipinski definition) is 1. The predicted molar refractivity (Wildman–Crippen MR) is 69.1 cm³/mol. The van der Waals surface area contributed by atoms with Crippen LogP contribution in [0, 0.1) is 0 Å². The van der Waals surface area contributed by atoms with Crippen molar-refractivity contribution in [2.24, 2.45) is 5.73 Å². The molecule has 4 heteroatoms. The summed E-state index contributed by atoms with van der Waals surface area (Å²) in [5, 5.41) is 0. The van der Waals surface area contributed by atoms with Crippen molar-refractivity contribution in [3.05, 3.63) is 24.0 Å². The van der Waals surface area contributed by atoms with E-state index in [1.807, 2.05) is 19.2 Å². The van der Waals surface area contributed by atoms with Crippen LogP contribution in [0.25, 0.3) is 0 Å². The molecule has 4 nitrogen and oxygen atoms in total. The summed E-state index contributed by atoms with van der Waals surface area (Å²) >= 11 is 0. The van der Waals surface area contributed by atoms with E-state index in [-0.39, 0.29) is 6.04 Å². The highest BCUT2D eigenvalue weighted by Crippen LogP contribution is 2.21. The van der Waals surface area contributed by atoms with Crippen molar-refractivity contribution in [1.82, 2.24) is 4.98 Å². The van der Waals surface area contributed by atoms with Crippen LogP contribution in [0.1, 0.15) is 31.5 Å². The van der Waals surface area contributed by atoms with Crippen LogP contribution in [0.4, 0.5) is 5.69 Å². The third-order valence-corrected chi connectivity index (χ3v) is 3.38. The number of nitrogens with two attached hydrogens (primary N) is 1. The van der Waals surface area contributed by atoms with E-state index >= 15 is 0 Å². The van der Waals surface area contributed by atoms with Gasteiger partial charge in [0, 0.05) is 26.2 Å². The number of piperidine rings is 1. The maximum absolute atomic E-state index is 5.79. The van der Waals surface area contributed by atoms with Gasteiger partial charge in [-0.15, -0.1) is 0 Å². The summed E-state index contributed by atoms with van der Waals surface area (Å²) in [5.41, 5.74) is 7.91. The molecule has 1 aliphatic rings. The molecule has 2 N–H and O–H groups in total. The minimum Gasteiger partial charge on any atom is -0.381 e. The summed E-state index contributed by atoms with van der Waals surface area (Å²) < 4.78 is 5.37. The number of pyridine rings is 1. The molecule has 1 aromatic heterocycles. The highest BCUT2D eigenvalue weighted by Gasteiger charge is 2.19. The van der Waals surface area contributed by atoms with Crippen LogP contribution < -0.4 is 10.6 Å². The lowest BCUT2D eigenvalue weighted by Gasteiger charge is -2.32. The maximum atomic E-state index is 5.79. The second-order valence-electron chi connectivity index (χ2n) is 4.65. The minimum atomic E-state index is 0.00303. The van der Waals surface area contributed by atoms with Gasteiger partial charge >= 0.3 is 0 Å². The number of anilines is 1. The average Bonchev–Trinajstić information content (AvgIpc) is 2.39. The van der Waals surface area contributed by atoms with E-state index < -0.39 is 0 Å². The zero-order valence-corrected chi connectivity index (χ0v) is 10.6. The normalized spacial score (nSPS) is 19.4. The smallest absolute Gasteiger partial charge is 0.0605 e. The lowest BCUT2D eigenvalue weighted by atomic mass is 10.1. The number of nitrogens with zero attached hydrogens (tertiary/aromatic N) is 2. The van der Waals surface area contributed by atoms with Crippen molar-refractivity contribution >= 4 is 5.69 Å². The molecule has 0 radical (unpaired) electrons.